The second-order valence-electron chi connectivity index (χ2n) is 9.78. The van der Waals surface area contributed by atoms with Crippen molar-refractivity contribution in [3.8, 4) is 0 Å². The molecule has 1 fully saturated rings. The number of nitrogens with one attached hydrogen (secondary N) is 1. The van der Waals surface area contributed by atoms with Crippen molar-refractivity contribution in [3.63, 3.8) is 0 Å². The van der Waals surface area contributed by atoms with Crippen LogP contribution in [0.5, 0.6) is 0 Å². The molecular formula is C24H35F3N2O4. The number of hydrogen-bond donors (Lipinski definition) is 2. The van der Waals surface area contributed by atoms with Crippen LogP contribution in [0.4, 0.5) is 22.8 Å². The smallest absolute Gasteiger partial charge is 0.407 e. The quantitative estimate of drug-likeness (QED) is 0.497. The fourth-order valence-corrected chi connectivity index (χ4v) is 4.50. The molecule has 2 atom stereocenters. The summed E-state index contributed by atoms with van der Waals surface area (Å²) in [7, 11) is 0. The Morgan fingerprint density at radius 1 is 1.12 bits per heavy atom. The van der Waals surface area contributed by atoms with Gasteiger partial charge in [-0.05, 0) is 44.6 Å². The third kappa shape index (κ3) is 9.92. The minimum absolute atomic E-state index is 0.153. The SMILES string of the molecule is CC(C)(C)OC(=O)NC(CN(CC(F)(F)F)C(=O)O)C(Cc1ccccc1)C1CCCCC1. The van der Waals surface area contributed by atoms with Gasteiger partial charge in [0.2, 0.25) is 0 Å². The number of hydrogen-bond acceptors (Lipinski definition) is 3. The van der Waals surface area contributed by atoms with E-state index in [9.17, 15) is 27.9 Å². The molecule has 0 radical (unpaired) electrons. The molecule has 1 aliphatic carbocycles. The Hall–Kier alpha value is -2.45. The van der Waals surface area contributed by atoms with E-state index in [1.54, 1.807) is 20.8 Å². The second kappa shape index (κ2) is 11.6. The minimum atomic E-state index is -4.69. The van der Waals surface area contributed by atoms with Crippen LogP contribution in [0.25, 0.3) is 0 Å². The van der Waals surface area contributed by atoms with E-state index < -0.39 is 43.1 Å². The number of ether oxygens (including phenoxy) is 1. The molecule has 2 N–H and O–H groups in total. The molecule has 1 aromatic carbocycles. The van der Waals surface area contributed by atoms with Gasteiger partial charge in [-0.25, -0.2) is 9.59 Å². The summed E-state index contributed by atoms with van der Waals surface area (Å²) in [6.07, 6.45) is -1.74. The van der Waals surface area contributed by atoms with Gasteiger partial charge in [-0.2, -0.15) is 13.2 Å². The molecule has 186 valence electrons. The number of benzene rings is 1. The molecule has 9 heteroatoms. The van der Waals surface area contributed by atoms with Gasteiger partial charge in [0.15, 0.2) is 0 Å². The summed E-state index contributed by atoms with van der Waals surface area (Å²) in [5.41, 5.74) is 0.189. The predicted octanol–water partition coefficient (Wildman–Crippen LogP) is 5.86. The number of alkyl halides is 3. The predicted molar refractivity (Wildman–Crippen MR) is 119 cm³/mol. The van der Waals surface area contributed by atoms with Crippen molar-refractivity contribution in [3.05, 3.63) is 35.9 Å². The van der Waals surface area contributed by atoms with Crippen LogP contribution in [-0.4, -0.2) is 53.1 Å². The Kier molecular flexibility index (Phi) is 9.43. The summed E-state index contributed by atoms with van der Waals surface area (Å²) in [6.45, 7) is 3.01. The third-order valence-electron chi connectivity index (χ3n) is 5.85. The van der Waals surface area contributed by atoms with E-state index in [-0.39, 0.29) is 11.8 Å². The number of carbonyl (C=O) groups is 2. The normalized spacial score (nSPS) is 17.2. The van der Waals surface area contributed by atoms with Crippen molar-refractivity contribution < 1.29 is 32.6 Å². The standard InChI is InChI=1S/C24H35F3N2O4/c1-23(2,3)33-21(30)28-20(15-29(22(31)32)16-24(25,26)27)19(18-12-8-5-9-13-18)14-17-10-6-4-7-11-17/h4,6-7,10-11,18-20H,5,8-9,12-16H2,1-3H3,(H,28,30)(H,31,32). The van der Waals surface area contributed by atoms with E-state index >= 15 is 0 Å². The van der Waals surface area contributed by atoms with Crippen LogP contribution in [0, 0.1) is 11.8 Å². The fraction of sp³-hybridized carbons (Fsp3) is 0.667. The van der Waals surface area contributed by atoms with Crippen LogP contribution < -0.4 is 5.32 Å². The van der Waals surface area contributed by atoms with Crippen molar-refractivity contribution >= 4 is 12.2 Å². The zero-order chi connectivity index (χ0) is 24.6. The van der Waals surface area contributed by atoms with E-state index in [1.165, 1.54) is 0 Å². The van der Waals surface area contributed by atoms with Gasteiger partial charge in [-0.3, -0.25) is 4.90 Å². The molecule has 1 saturated carbocycles. The summed E-state index contributed by atoms with van der Waals surface area (Å²) < 4.78 is 44.6. The van der Waals surface area contributed by atoms with Crippen molar-refractivity contribution in [1.29, 1.82) is 0 Å². The van der Waals surface area contributed by atoms with Crippen LogP contribution in [0.3, 0.4) is 0 Å². The van der Waals surface area contributed by atoms with Gasteiger partial charge in [0.05, 0.1) is 6.04 Å². The molecule has 0 aliphatic heterocycles. The molecule has 0 aromatic heterocycles. The number of alkyl carbamates (subject to hydrolysis) is 1. The highest BCUT2D eigenvalue weighted by atomic mass is 19.4. The number of amides is 2. The molecule has 2 amide bonds. The van der Waals surface area contributed by atoms with Crippen molar-refractivity contribution in [1.82, 2.24) is 10.2 Å². The van der Waals surface area contributed by atoms with Gasteiger partial charge >= 0.3 is 18.4 Å². The maximum absolute atomic E-state index is 13.1. The average molecular weight is 473 g/mol. The number of rotatable bonds is 8. The van der Waals surface area contributed by atoms with Gasteiger partial charge in [-0.15, -0.1) is 0 Å². The Morgan fingerprint density at radius 2 is 1.73 bits per heavy atom. The maximum atomic E-state index is 13.1. The minimum Gasteiger partial charge on any atom is -0.465 e. The van der Waals surface area contributed by atoms with Gasteiger partial charge < -0.3 is 15.2 Å². The lowest BCUT2D eigenvalue weighted by molar-refractivity contribution is -0.142. The summed E-state index contributed by atoms with van der Waals surface area (Å²) in [4.78, 5) is 24.6. The van der Waals surface area contributed by atoms with E-state index in [0.717, 1.165) is 37.7 Å². The van der Waals surface area contributed by atoms with E-state index in [4.69, 9.17) is 4.74 Å². The van der Waals surface area contributed by atoms with Crippen molar-refractivity contribution in [2.75, 3.05) is 13.1 Å². The summed E-state index contributed by atoms with van der Waals surface area (Å²) in [6, 6.07) is 8.69. The van der Waals surface area contributed by atoms with Gasteiger partial charge in [-0.1, -0.05) is 62.4 Å². The first-order valence-electron chi connectivity index (χ1n) is 11.4. The zero-order valence-corrected chi connectivity index (χ0v) is 19.5. The first kappa shape index (κ1) is 26.8. The zero-order valence-electron chi connectivity index (χ0n) is 19.5. The first-order chi connectivity index (χ1) is 15.3. The van der Waals surface area contributed by atoms with Crippen LogP contribution in [0.2, 0.25) is 0 Å². The highest BCUT2D eigenvalue weighted by Crippen LogP contribution is 2.34. The highest BCUT2D eigenvalue weighted by molar-refractivity contribution is 5.69. The van der Waals surface area contributed by atoms with E-state index in [1.807, 2.05) is 30.3 Å². The van der Waals surface area contributed by atoms with Gasteiger partial charge in [0.1, 0.15) is 12.1 Å². The average Bonchev–Trinajstić information content (AvgIpc) is 2.70. The Bertz CT molecular complexity index is 759. The lowest BCUT2D eigenvalue weighted by Gasteiger charge is -2.38. The summed E-state index contributed by atoms with van der Waals surface area (Å²) in [5.74, 6) is -0.0873. The lowest BCUT2D eigenvalue weighted by atomic mass is 9.73. The van der Waals surface area contributed by atoms with Gasteiger partial charge in [0, 0.05) is 6.54 Å². The summed E-state index contributed by atoms with van der Waals surface area (Å²) in [5, 5.41) is 12.2. The maximum Gasteiger partial charge on any atom is 0.407 e. The number of carboxylic acid groups (broad SMARTS) is 1. The van der Waals surface area contributed by atoms with Crippen molar-refractivity contribution in [2.24, 2.45) is 11.8 Å². The molecule has 2 unspecified atom stereocenters. The molecular weight excluding hydrogens is 437 g/mol. The number of nitrogens with zero attached hydrogens (tertiary/aromatic N) is 1. The highest BCUT2D eigenvalue weighted by Gasteiger charge is 2.38. The molecule has 6 nitrogen and oxygen atoms in total. The molecule has 2 rings (SSSR count). The third-order valence-corrected chi connectivity index (χ3v) is 5.85. The lowest BCUT2D eigenvalue weighted by Crippen LogP contribution is -2.54. The van der Waals surface area contributed by atoms with Crippen LogP contribution in [0.1, 0.15) is 58.4 Å². The largest absolute Gasteiger partial charge is 0.465 e. The molecule has 0 saturated heterocycles. The first-order valence-corrected chi connectivity index (χ1v) is 11.4. The van der Waals surface area contributed by atoms with Crippen LogP contribution in [0.15, 0.2) is 30.3 Å². The van der Waals surface area contributed by atoms with Gasteiger partial charge in [0.25, 0.3) is 0 Å². The van der Waals surface area contributed by atoms with E-state index in [2.05, 4.69) is 5.32 Å². The Morgan fingerprint density at radius 3 is 2.24 bits per heavy atom. The van der Waals surface area contributed by atoms with E-state index in [0.29, 0.717) is 11.3 Å². The monoisotopic (exact) mass is 472 g/mol. The van der Waals surface area contributed by atoms with Crippen LogP contribution >= 0.6 is 0 Å². The molecule has 1 aliphatic rings. The fourth-order valence-electron chi connectivity index (χ4n) is 4.50. The van der Waals surface area contributed by atoms with Crippen molar-refractivity contribution in [2.45, 2.75) is 77.1 Å². The molecule has 1 aromatic rings. The summed E-state index contributed by atoms with van der Waals surface area (Å²) >= 11 is 0. The molecule has 0 heterocycles. The second-order valence-corrected chi connectivity index (χ2v) is 9.78. The Balaban J connectivity index is 2.36. The molecule has 0 bridgehead atoms. The molecule has 33 heavy (non-hydrogen) atoms. The number of carbonyl (C=O) groups excluding carboxylic acids is 1. The number of halogens is 3. The molecule has 0 spiro atoms. The Labute approximate surface area is 193 Å². The topological polar surface area (TPSA) is 78.9 Å². The van der Waals surface area contributed by atoms with Crippen LogP contribution in [-0.2, 0) is 11.2 Å².